The number of rotatable bonds is 4. The summed E-state index contributed by atoms with van der Waals surface area (Å²) in [6.45, 7) is 5.75. The van der Waals surface area contributed by atoms with E-state index in [1.54, 1.807) is 13.8 Å². The summed E-state index contributed by atoms with van der Waals surface area (Å²) in [4.78, 5) is 12.3. The highest BCUT2D eigenvalue weighted by Crippen LogP contribution is 2.60. The molecular formula is C18H18ClF5O2. The molecule has 1 aliphatic carbocycles. The number of allylic oxidation sites excluding steroid dienone is 2. The molecule has 1 saturated carbocycles. The van der Waals surface area contributed by atoms with Crippen LogP contribution in [0.15, 0.2) is 17.2 Å². The lowest BCUT2D eigenvalue weighted by atomic mass is 10.0. The summed E-state index contributed by atoms with van der Waals surface area (Å²) in [5.41, 5.74) is -0.235. The first-order valence-corrected chi connectivity index (χ1v) is 8.21. The fourth-order valence-electron chi connectivity index (χ4n) is 3.04. The highest BCUT2D eigenvalue weighted by molar-refractivity contribution is 6.30. The van der Waals surface area contributed by atoms with Gasteiger partial charge in [-0.15, -0.1) is 0 Å². The zero-order chi connectivity index (χ0) is 20.0. The predicted octanol–water partition coefficient (Wildman–Crippen LogP) is 5.58. The minimum Gasteiger partial charge on any atom is -0.461 e. The molecule has 0 N–H and O–H groups in total. The monoisotopic (exact) mass is 396 g/mol. The van der Waals surface area contributed by atoms with Crippen molar-refractivity contribution in [1.82, 2.24) is 0 Å². The second-order valence-electron chi connectivity index (χ2n) is 7.01. The van der Waals surface area contributed by atoms with E-state index in [4.69, 9.17) is 16.3 Å². The van der Waals surface area contributed by atoms with Gasteiger partial charge >= 0.3 is 12.1 Å². The van der Waals surface area contributed by atoms with Crippen LogP contribution >= 0.6 is 11.6 Å². The number of benzene rings is 1. The Morgan fingerprint density at radius 2 is 1.73 bits per heavy atom. The van der Waals surface area contributed by atoms with Crippen LogP contribution in [0, 0.1) is 42.7 Å². The van der Waals surface area contributed by atoms with Gasteiger partial charge in [0.15, 0.2) is 0 Å². The van der Waals surface area contributed by atoms with E-state index in [1.165, 1.54) is 13.8 Å². The zero-order valence-electron chi connectivity index (χ0n) is 14.6. The molecule has 0 bridgehead atoms. The Morgan fingerprint density at radius 3 is 2.19 bits per heavy atom. The smallest absolute Gasteiger partial charge is 0.426 e. The van der Waals surface area contributed by atoms with Gasteiger partial charge in [0.25, 0.3) is 0 Å². The number of alkyl halides is 3. The van der Waals surface area contributed by atoms with Gasteiger partial charge < -0.3 is 4.74 Å². The van der Waals surface area contributed by atoms with Crippen molar-refractivity contribution in [1.29, 1.82) is 0 Å². The first-order chi connectivity index (χ1) is 11.8. The average molecular weight is 397 g/mol. The molecule has 0 unspecified atom stereocenters. The summed E-state index contributed by atoms with van der Waals surface area (Å²) in [6.07, 6.45) is -3.87. The first kappa shape index (κ1) is 20.7. The molecule has 0 amide bonds. The molecule has 1 fully saturated rings. The molecule has 0 aromatic heterocycles. The summed E-state index contributed by atoms with van der Waals surface area (Å²) in [5.74, 6) is -3.79. The topological polar surface area (TPSA) is 26.3 Å². The molecule has 0 spiro atoms. The molecule has 0 radical (unpaired) electrons. The van der Waals surface area contributed by atoms with Crippen molar-refractivity contribution in [2.75, 3.05) is 0 Å². The van der Waals surface area contributed by atoms with Gasteiger partial charge in [0.2, 0.25) is 0 Å². The van der Waals surface area contributed by atoms with Gasteiger partial charge in [-0.1, -0.05) is 31.5 Å². The second-order valence-corrected chi connectivity index (χ2v) is 7.42. The van der Waals surface area contributed by atoms with Gasteiger partial charge in [0, 0.05) is 11.6 Å². The Kier molecular flexibility index (Phi) is 5.43. The summed E-state index contributed by atoms with van der Waals surface area (Å²) in [7, 11) is 0. The molecule has 0 saturated heterocycles. The van der Waals surface area contributed by atoms with Crippen molar-refractivity contribution in [2.45, 2.75) is 40.5 Å². The molecular weight excluding hydrogens is 379 g/mol. The lowest BCUT2D eigenvalue weighted by Gasteiger charge is -2.12. The Morgan fingerprint density at radius 1 is 1.23 bits per heavy atom. The molecule has 1 aromatic carbocycles. The van der Waals surface area contributed by atoms with Crippen molar-refractivity contribution < 1.29 is 31.5 Å². The quantitative estimate of drug-likeness (QED) is 0.490. The van der Waals surface area contributed by atoms with Gasteiger partial charge in [0.05, 0.1) is 5.92 Å². The lowest BCUT2D eigenvalue weighted by molar-refractivity contribution is -0.147. The highest BCUT2D eigenvalue weighted by Gasteiger charge is 2.62. The van der Waals surface area contributed by atoms with E-state index in [0.717, 1.165) is 12.1 Å². The van der Waals surface area contributed by atoms with Crippen molar-refractivity contribution in [2.24, 2.45) is 17.3 Å². The van der Waals surface area contributed by atoms with Crippen LogP contribution in [0.1, 0.15) is 30.5 Å². The third-order valence-electron chi connectivity index (χ3n) is 5.00. The summed E-state index contributed by atoms with van der Waals surface area (Å²) < 4.78 is 70.1. The van der Waals surface area contributed by atoms with Crippen LogP contribution in [-0.4, -0.2) is 12.1 Å². The number of halogens is 6. The maximum atomic E-state index is 13.6. The number of hydrogen-bond donors (Lipinski definition) is 0. The van der Waals surface area contributed by atoms with Crippen molar-refractivity contribution in [3.05, 3.63) is 45.5 Å². The van der Waals surface area contributed by atoms with Crippen LogP contribution in [-0.2, 0) is 16.1 Å². The predicted molar refractivity (Wildman–Crippen MR) is 86.4 cm³/mol. The van der Waals surface area contributed by atoms with Crippen molar-refractivity contribution >= 4 is 17.6 Å². The summed E-state index contributed by atoms with van der Waals surface area (Å²) >= 11 is 5.24. The Bertz CT molecular complexity index is 742. The van der Waals surface area contributed by atoms with E-state index in [1.807, 2.05) is 0 Å². The fourth-order valence-corrected chi connectivity index (χ4v) is 3.17. The maximum Gasteiger partial charge on any atom is 0.426 e. The van der Waals surface area contributed by atoms with E-state index in [9.17, 15) is 26.7 Å². The molecule has 8 heteroatoms. The molecule has 2 atom stereocenters. The molecule has 1 aromatic rings. The SMILES string of the molecule is Cc1c(F)cc(F)c(C)c1COC(=O)[C@H]1[C@@H](/C=C(\Cl)C(F)(F)F)C1(C)C. The fraction of sp³-hybridized carbons (Fsp3) is 0.500. The van der Waals surface area contributed by atoms with Gasteiger partial charge in [-0.25, -0.2) is 8.78 Å². The molecule has 0 aliphatic heterocycles. The largest absolute Gasteiger partial charge is 0.461 e. The molecule has 2 nitrogen and oxygen atoms in total. The van der Waals surface area contributed by atoms with Crippen molar-refractivity contribution in [3.63, 3.8) is 0 Å². The summed E-state index contributed by atoms with van der Waals surface area (Å²) in [5, 5.41) is -1.29. The van der Waals surface area contributed by atoms with E-state index >= 15 is 0 Å². The standard InChI is InChI=1S/C18H18ClF5O2/c1-8-10(9(2)13(21)6-12(8)20)7-26-16(25)15-11(17(15,3)4)5-14(19)18(22,23)24/h5-6,11,15H,7H2,1-4H3/b14-5-/t11-,15-/m1/s1. The minimum atomic E-state index is -4.68. The highest BCUT2D eigenvalue weighted by atomic mass is 35.5. The van der Waals surface area contributed by atoms with E-state index in [2.05, 4.69) is 0 Å². The zero-order valence-corrected chi connectivity index (χ0v) is 15.4. The van der Waals surface area contributed by atoms with E-state index in [-0.39, 0.29) is 23.3 Å². The van der Waals surface area contributed by atoms with Crippen LogP contribution in [0.5, 0.6) is 0 Å². The van der Waals surface area contributed by atoms with Gasteiger partial charge in [0.1, 0.15) is 23.3 Å². The summed E-state index contributed by atoms with van der Waals surface area (Å²) in [6, 6.07) is 0.750. The Balaban J connectivity index is 2.13. The number of carbonyl (C=O) groups excluding carboxylic acids is 1. The number of carbonyl (C=O) groups is 1. The third-order valence-corrected chi connectivity index (χ3v) is 5.34. The second kappa shape index (κ2) is 6.83. The third kappa shape index (κ3) is 3.87. The van der Waals surface area contributed by atoms with Crippen LogP contribution in [0.3, 0.4) is 0 Å². The molecule has 0 heterocycles. The number of ether oxygens (including phenoxy) is 1. The van der Waals surface area contributed by atoms with Crippen LogP contribution in [0.2, 0.25) is 0 Å². The number of esters is 1. The van der Waals surface area contributed by atoms with E-state index < -0.39 is 46.1 Å². The van der Waals surface area contributed by atoms with Gasteiger partial charge in [-0.2, -0.15) is 13.2 Å². The average Bonchev–Trinajstić information content (AvgIpc) is 3.04. The number of hydrogen-bond acceptors (Lipinski definition) is 2. The molecule has 2 rings (SSSR count). The molecule has 26 heavy (non-hydrogen) atoms. The molecule has 144 valence electrons. The van der Waals surface area contributed by atoms with Crippen LogP contribution in [0.25, 0.3) is 0 Å². The van der Waals surface area contributed by atoms with Gasteiger partial charge in [-0.3, -0.25) is 4.79 Å². The van der Waals surface area contributed by atoms with Crippen LogP contribution in [0.4, 0.5) is 22.0 Å². The Hall–Kier alpha value is -1.63. The maximum absolute atomic E-state index is 13.6. The minimum absolute atomic E-state index is 0.156. The Labute approximate surface area is 153 Å². The normalized spacial score (nSPS) is 22.3. The lowest BCUT2D eigenvalue weighted by Crippen LogP contribution is -2.13. The first-order valence-electron chi connectivity index (χ1n) is 7.83. The molecule has 1 aliphatic rings. The van der Waals surface area contributed by atoms with Crippen LogP contribution < -0.4 is 0 Å². The van der Waals surface area contributed by atoms with E-state index in [0.29, 0.717) is 0 Å². The van der Waals surface area contributed by atoms with Gasteiger partial charge in [-0.05, 0) is 36.3 Å². The van der Waals surface area contributed by atoms with Crippen molar-refractivity contribution in [3.8, 4) is 0 Å².